The van der Waals surface area contributed by atoms with Crippen LogP contribution in [0.1, 0.15) is 47.2 Å². The second-order valence-electron chi connectivity index (χ2n) is 5.73. The second kappa shape index (κ2) is 10.8. The van der Waals surface area contributed by atoms with E-state index in [1.165, 1.54) is 11.3 Å². The number of hydrogen-bond acceptors (Lipinski definition) is 5. The van der Waals surface area contributed by atoms with Crippen molar-refractivity contribution in [2.75, 3.05) is 26.9 Å². The topological polar surface area (TPSA) is 60.5 Å². The Balaban J connectivity index is 1.73. The van der Waals surface area contributed by atoms with Crippen LogP contribution in [0.3, 0.4) is 0 Å². The van der Waals surface area contributed by atoms with E-state index in [-0.39, 0.29) is 5.91 Å². The molecular weight excluding hydrogens is 336 g/mol. The van der Waals surface area contributed by atoms with E-state index in [0.717, 1.165) is 42.2 Å². The van der Waals surface area contributed by atoms with Gasteiger partial charge in [-0.05, 0) is 30.5 Å². The predicted molar refractivity (Wildman–Crippen MR) is 101 cm³/mol. The van der Waals surface area contributed by atoms with Crippen LogP contribution in [-0.4, -0.2) is 37.8 Å². The van der Waals surface area contributed by atoms with Gasteiger partial charge in [-0.2, -0.15) is 0 Å². The fourth-order valence-electron chi connectivity index (χ4n) is 2.23. The molecule has 0 saturated heterocycles. The zero-order valence-corrected chi connectivity index (χ0v) is 15.7. The van der Waals surface area contributed by atoms with Crippen molar-refractivity contribution >= 4 is 17.2 Å². The lowest BCUT2D eigenvalue weighted by atomic mass is 10.1. The Morgan fingerprint density at radius 1 is 1.20 bits per heavy atom. The third-order valence-corrected chi connectivity index (χ3v) is 4.54. The molecule has 1 amide bonds. The number of carbonyl (C=O) groups excluding carboxylic acids is 1. The molecule has 0 fully saturated rings. The monoisotopic (exact) mass is 362 g/mol. The van der Waals surface area contributed by atoms with Crippen molar-refractivity contribution in [2.24, 2.45) is 0 Å². The van der Waals surface area contributed by atoms with Gasteiger partial charge in [0.15, 0.2) is 0 Å². The first kappa shape index (κ1) is 19.4. The van der Waals surface area contributed by atoms with Gasteiger partial charge in [-0.3, -0.25) is 4.79 Å². The zero-order chi connectivity index (χ0) is 17.9. The van der Waals surface area contributed by atoms with Gasteiger partial charge in [0.05, 0.1) is 12.1 Å². The number of ether oxygens (including phenoxy) is 2. The quantitative estimate of drug-likeness (QED) is 0.620. The first-order chi connectivity index (χ1) is 12.2. The highest BCUT2D eigenvalue weighted by atomic mass is 32.1. The van der Waals surface area contributed by atoms with Crippen LogP contribution < -0.4 is 10.1 Å². The SMILES string of the molecule is CCCCOCCCNC(=O)c1csc(Cc2ccc(OC)cc2)n1. The minimum absolute atomic E-state index is 0.120. The van der Waals surface area contributed by atoms with Crippen molar-refractivity contribution in [1.29, 1.82) is 0 Å². The molecule has 1 N–H and O–H groups in total. The number of carbonyl (C=O) groups is 1. The zero-order valence-electron chi connectivity index (χ0n) is 14.9. The molecule has 0 unspecified atom stereocenters. The van der Waals surface area contributed by atoms with Crippen molar-refractivity contribution in [3.05, 3.63) is 45.9 Å². The number of methoxy groups -OCH3 is 1. The minimum Gasteiger partial charge on any atom is -0.497 e. The molecule has 0 atom stereocenters. The smallest absolute Gasteiger partial charge is 0.270 e. The van der Waals surface area contributed by atoms with E-state index < -0.39 is 0 Å². The van der Waals surface area contributed by atoms with Crippen molar-refractivity contribution < 1.29 is 14.3 Å². The van der Waals surface area contributed by atoms with Crippen LogP contribution in [0.15, 0.2) is 29.6 Å². The van der Waals surface area contributed by atoms with Crippen LogP contribution >= 0.6 is 11.3 Å². The van der Waals surface area contributed by atoms with Gasteiger partial charge in [-0.25, -0.2) is 4.98 Å². The third-order valence-electron chi connectivity index (χ3n) is 3.69. The van der Waals surface area contributed by atoms with Crippen molar-refractivity contribution in [2.45, 2.75) is 32.6 Å². The Morgan fingerprint density at radius 3 is 2.68 bits per heavy atom. The minimum atomic E-state index is -0.120. The molecule has 0 aliphatic carbocycles. The molecular formula is C19H26N2O3S. The van der Waals surface area contributed by atoms with E-state index in [1.54, 1.807) is 7.11 Å². The fourth-order valence-corrected chi connectivity index (χ4v) is 3.04. The van der Waals surface area contributed by atoms with E-state index in [0.29, 0.717) is 25.3 Å². The molecule has 0 bridgehead atoms. The van der Waals surface area contributed by atoms with Crippen LogP contribution in [0.25, 0.3) is 0 Å². The normalized spacial score (nSPS) is 10.6. The molecule has 0 radical (unpaired) electrons. The highest BCUT2D eigenvalue weighted by Gasteiger charge is 2.10. The molecule has 0 aliphatic heterocycles. The van der Waals surface area contributed by atoms with Crippen LogP contribution in [-0.2, 0) is 11.2 Å². The fraction of sp³-hybridized carbons (Fsp3) is 0.474. The first-order valence-electron chi connectivity index (χ1n) is 8.66. The number of hydrogen-bond donors (Lipinski definition) is 1. The van der Waals surface area contributed by atoms with Crippen LogP contribution in [0.5, 0.6) is 5.75 Å². The maximum Gasteiger partial charge on any atom is 0.270 e. The predicted octanol–water partition coefficient (Wildman–Crippen LogP) is 3.68. The summed E-state index contributed by atoms with van der Waals surface area (Å²) in [6, 6.07) is 7.88. The molecule has 0 spiro atoms. The lowest BCUT2D eigenvalue weighted by molar-refractivity contribution is 0.0936. The van der Waals surface area contributed by atoms with Crippen molar-refractivity contribution in [1.82, 2.24) is 10.3 Å². The van der Waals surface area contributed by atoms with Gasteiger partial charge in [0.25, 0.3) is 5.91 Å². The van der Waals surface area contributed by atoms with Gasteiger partial charge in [-0.15, -0.1) is 11.3 Å². The number of aromatic nitrogens is 1. The summed E-state index contributed by atoms with van der Waals surface area (Å²) in [7, 11) is 1.65. The Bertz CT molecular complexity index is 640. The molecule has 0 saturated carbocycles. The maximum absolute atomic E-state index is 12.1. The molecule has 1 heterocycles. The van der Waals surface area contributed by atoms with E-state index in [2.05, 4.69) is 17.2 Å². The van der Waals surface area contributed by atoms with Gasteiger partial charge >= 0.3 is 0 Å². The molecule has 136 valence electrons. The summed E-state index contributed by atoms with van der Waals surface area (Å²) in [5.74, 6) is 0.715. The van der Waals surface area contributed by atoms with E-state index in [1.807, 2.05) is 29.6 Å². The number of nitrogens with one attached hydrogen (secondary N) is 1. The Morgan fingerprint density at radius 2 is 1.96 bits per heavy atom. The summed E-state index contributed by atoms with van der Waals surface area (Å²) in [6.45, 7) is 4.22. The standard InChI is InChI=1S/C19H26N2O3S/c1-3-4-11-24-12-5-10-20-19(22)17-14-25-18(21-17)13-15-6-8-16(23-2)9-7-15/h6-9,14H,3-5,10-13H2,1-2H3,(H,20,22). The molecule has 25 heavy (non-hydrogen) atoms. The summed E-state index contributed by atoms with van der Waals surface area (Å²) in [5, 5.41) is 5.63. The molecule has 5 nitrogen and oxygen atoms in total. The van der Waals surface area contributed by atoms with Gasteiger partial charge < -0.3 is 14.8 Å². The summed E-state index contributed by atoms with van der Waals surface area (Å²) < 4.78 is 10.6. The van der Waals surface area contributed by atoms with E-state index >= 15 is 0 Å². The second-order valence-corrected chi connectivity index (χ2v) is 6.67. The summed E-state index contributed by atoms with van der Waals surface area (Å²) in [6.07, 6.45) is 3.76. The molecule has 6 heteroatoms. The highest BCUT2D eigenvalue weighted by Crippen LogP contribution is 2.17. The first-order valence-corrected chi connectivity index (χ1v) is 9.54. The summed E-state index contributed by atoms with van der Waals surface area (Å²) in [5.41, 5.74) is 1.63. The van der Waals surface area contributed by atoms with Gasteiger partial charge in [0.2, 0.25) is 0 Å². The number of amides is 1. The number of unbranched alkanes of at least 4 members (excludes halogenated alkanes) is 1. The molecule has 1 aromatic heterocycles. The Hall–Kier alpha value is -1.92. The number of thiazole rings is 1. The van der Waals surface area contributed by atoms with E-state index in [9.17, 15) is 4.79 Å². The number of nitrogens with zero attached hydrogens (tertiary/aromatic N) is 1. The molecule has 2 rings (SSSR count). The number of benzene rings is 1. The lowest BCUT2D eigenvalue weighted by Gasteiger charge is -2.04. The highest BCUT2D eigenvalue weighted by molar-refractivity contribution is 7.09. The molecule has 2 aromatic rings. The average molecular weight is 362 g/mol. The van der Waals surface area contributed by atoms with Gasteiger partial charge in [0.1, 0.15) is 11.4 Å². The molecule has 0 aliphatic rings. The van der Waals surface area contributed by atoms with Crippen molar-refractivity contribution in [3.8, 4) is 5.75 Å². The maximum atomic E-state index is 12.1. The lowest BCUT2D eigenvalue weighted by Crippen LogP contribution is -2.25. The van der Waals surface area contributed by atoms with Crippen LogP contribution in [0, 0.1) is 0 Å². The Kier molecular flexibility index (Phi) is 8.42. The third kappa shape index (κ3) is 6.84. The van der Waals surface area contributed by atoms with Crippen LogP contribution in [0.4, 0.5) is 0 Å². The summed E-state index contributed by atoms with van der Waals surface area (Å²) in [4.78, 5) is 16.5. The molecule has 1 aromatic carbocycles. The average Bonchev–Trinajstić information content (AvgIpc) is 3.10. The van der Waals surface area contributed by atoms with Gasteiger partial charge in [-0.1, -0.05) is 25.5 Å². The number of rotatable bonds is 11. The summed E-state index contributed by atoms with van der Waals surface area (Å²) >= 11 is 1.51. The van der Waals surface area contributed by atoms with Crippen molar-refractivity contribution in [3.63, 3.8) is 0 Å². The van der Waals surface area contributed by atoms with Gasteiger partial charge in [0, 0.05) is 31.6 Å². The largest absolute Gasteiger partial charge is 0.497 e. The van der Waals surface area contributed by atoms with E-state index in [4.69, 9.17) is 9.47 Å². The van der Waals surface area contributed by atoms with Crippen LogP contribution in [0.2, 0.25) is 0 Å². The Labute approximate surface area is 153 Å².